The number of anilines is 1. The number of carbonyl (C=O) groups is 3. The van der Waals surface area contributed by atoms with Crippen molar-refractivity contribution in [1.82, 2.24) is 4.90 Å². The van der Waals surface area contributed by atoms with Crippen LogP contribution in [0.2, 0.25) is 5.02 Å². The Morgan fingerprint density at radius 3 is 2.41 bits per heavy atom. The highest BCUT2D eigenvalue weighted by Gasteiger charge is 2.25. The van der Waals surface area contributed by atoms with Gasteiger partial charge in [0.15, 0.2) is 6.10 Å². The van der Waals surface area contributed by atoms with Gasteiger partial charge in [0.1, 0.15) is 11.3 Å². The summed E-state index contributed by atoms with van der Waals surface area (Å²) in [5.74, 6) is -1.34. The van der Waals surface area contributed by atoms with Gasteiger partial charge in [-0.05, 0) is 44.2 Å². The predicted molar refractivity (Wildman–Crippen MR) is 110 cm³/mol. The zero-order chi connectivity index (χ0) is 21.6. The van der Waals surface area contributed by atoms with E-state index in [9.17, 15) is 14.4 Å². The molecule has 0 aliphatic heterocycles. The third-order valence-corrected chi connectivity index (χ3v) is 4.34. The summed E-state index contributed by atoms with van der Waals surface area (Å²) in [7, 11) is 2.87. The molecule has 29 heavy (non-hydrogen) atoms. The summed E-state index contributed by atoms with van der Waals surface area (Å²) in [6.07, 6.45) is -1.09. The van der Waals surface area contributed by atoms with Crippen molar-refractivity contribution < 1.29 is 23.9 Å². The highest BCUT2D eigenvalue weighted by Crippen LogP contribution is 2.24. The average molecular weight is 419 g/mol. The first-order valence-corrected chi connectivity index (χ1v) is 9.25. The van der Waals surface area contributed by atoms with Crippen LogP contribution in [-0.2, 0) is 14.3 Å². The number of rotatable bonds is 7. The molecule has 0 fully saturated rings. The Morgan fingerprint density at radius 2 is 1.79 bits per heavy atom. The largest absolute Gasteiger partial charge is 0.496 e. The minimum Gasteiger partial charge on any atom is -0.496 e. The molecule has 2 amide bonds. The Morgan fingerprint density at radius 1 is 1.14 bits per heavy atom. The van der Waals surface area contributed by atoms with Gasteiger partial charge in [-0.25, -0.2) is 4.79 Å². The second-order valence-electron chi connectivity index (χ2n) is 6.50. The summed E-state index contributed by atoms with van der Waals surface area (Å²) < 4.78 is 10.3. The summed E-state index contributed by atoms with van der Waals surface area (Å²) >= 11 is 5.92. The lowest BCUT2D eigenvalue weighted by Gasteiger charge is -2.21. The molecule has 0 aliphatic carbocycles. The van der Waals surface area contributed by atoms with Gasteiger partial charge in [0, 0.05) is 17.8 Å². The summed E-state index contributed by atoms with van der Waals surface area (Å²) in [5.41, 5.74) is 1.82. The molecule has 8 heteroatoms. The van der Waals surface area contributed by atoms with E-state index >= 15 is 0 Å². The van der Waals surface area contributed by atoms with Gasteiger partial charge in [0.25, 0.3) is 5.91 Å². The second-order valence-corrected chi connectivity index (χ2v) is 6.94. The maximum Gasteiger partial charge on any atom is 0.342 e. The van der Waals surface area contributed by atoms with Gasteiger partial charge in [-0.2, -0.15) is 0 Å². The van der Waals surface area contributed by atoms with Gasteiger partial charge >= 0.3 is 5.97 Å². The molecule has 2 aromatic carbocycles. The van der Waals surface area contributed by atoms with E-state index in [1.807, 2.05) is 19.1 Å². The average Bonchev–Trinajstić information content (AvgIpc) is 2.68. The monoisotopic (exact) mass is 418 g/mol. The molecule has 0 saturated carbocycles. The fourth-order valence-electron chi connectivity index (χ4n) is 2.56. The van der Waals surface area contributed by atoms with E-state index < -0.39 is 18.0 Å². The van der Waals surface area contributed by atoms with Crippen molar-refractivity contribution in [3.05, 3.63) is 58.6 Å². The number of carbonyl (C=O) groups excluding carboxylic acids is 3. The maximum atomic E-state index is 12.5. The van der Waals surface area contributed by atoms with E-state index in [2.05, 4.69) is 5.32 Å². The number of aryl methyl sites for hydroxylation is 1. The van der Waals surface area contributed by atoms with Crippen molar-refractivity contribution in [3.8, 4) is 5.75 Å². The van der Waals surface area contributed by atoms with Crippen LogP contribution in [0.3, 0.4) is 0 Å². The number of nitrogens with zero attached hydrogens (tertiary/aromatic N) is 1. The van der Waals surface area contributed by atoms with Crippen LogP contribution in [0.15, 0.2) is 42.5 Å². The van der Waals surface area contributed by atoms with Crippen molar-refractivity contribution in [3.63, 3.8) is 0 Å². The Bertz CT molecular complexity index is 898. The van der Waals surface area contributed by atoms with Crippen LogP contribution in [0.1, 0.15) is 22.8 Å². The molecule has 154 valence electrons. The fourth-order valence-corrected chi connectivity index (χ4v) is 2.73. The zero-order valence-corrected chi connectivity index (χ0v) is 17.4. The van der Waals surface area contributed by atoms with E-state index in [0.717, 1.165) is 5.56 Å². The van der Waals surface area contributed by atoms with Crippen molar-refractivity contribution in [2.45, 2.75) is 20.0 Å². The molecule has 0 aromatic heterocycles. The SMILES string of the molecule is COc1ccc(Cl)cc1C(=O)O[C@@H](C)C(=O)N(C)CC(=O)Nc1ccc(C)cc1. The Kier molecular flexibility index (Phi) is 7.61. The minimum absolute atomic E-state index is 0.111. The summed E-state index contributed by atoms with van der Waals surface area (Å²) in [4.78, 5) is 38.2. The highest BCUT2D eigenvalue weighted by molar-refractivity contribution is 6.31. The predicted octanol–water partition coefficient (Wildman–Crippen LogP) is 3.30. The normalized spacial score (nSPS) is 11.3. The van der Waals surface area contributed by atoms with Crippen LogP contribution < -0.4 is 10.1 Å². The number of benzene rings is 2. The zero-order valence-electron chi connectivity index (χ0n) is 16.7. The quantitative estimate of drug-likeness (QED) is 0.697. The van der Waals surface area contributed by atoms with E-state index in [0.29, 0.717) is 10.7 Å². The molecular formula is C21H23ClN2O5. The van der Waals surface area contributed by atoms with E-state index in [4.69, 9.17) is 21.1 Å². The number of halogens is 1. The molecule has 1 atom stereocenters. The second kappa shape index (κ2) is 9.93. The maximum absolute atomic E-state index is 12.5. The molecular weight excluding hydrogens is 396 g/mol. The first-order chi connectivity index (χ1) is 13.7. The highest BCUT2D eigenvalue weighted by atomic mass is 35.5. The van der Waals surface area contributed by atoms with Crippen molar-refractivity contribution >= 4 is 35.1 Å². The van der Waals surface area contributed by atoms with E-state index in [1.54, 1.807) is 18.2 Å². The van der Waals surface area contributed by atoms with Crippen LogP contribution in [-0.4, -0.2) is 49.5 Å². The van der Waals surface area contributed by atoms with Crippen LogP contribution in [0.5, 0.6) is 5.75 Å². The van der Waals surface area contributed by atoms with Gasteiger partial charge in [0.05, 0.1) is 13.7 Å². The van der Waals surface area contributed by atoms with E-state index in [1.165, 1.54) is 38.1 Å². The number of hydrogen-bond acceptors (Lipinski definition) is 5. The molecule has 7 nitrogen and oxygen atoms in total. The van der Waals surface area contributed by atoms with Crippen LogP contribution >= 0.6 is 11.6 Å². The van der Waals surface area contributed by atoms with Crippen LogP contribution in [0.25, 0.3) is 0 Å². The Hall–Kier alpha value is -3.06. The number of amides is 2. The summed E-state index contributed by atoms with van der Waals surface area (Å²) in [5, 5.41) is 3.04. The lowest BCUT2D eigenvalue weighted by molar-refractivity contribution is -0.140. The molecule has 0 spiro atoms. The number of ether oxygens (including phenoxy) is 2. The third-order valence-electron chi connectivity index (χ3n) is 4.11. The van der Waals surface area contributed by atoms with Crippen LogP contribution in [0.4, 0.5) is 5.69 Å². The topological polar surface area (TPSA) is 84.9 Å². The molecule has 0 saturated heterocycles. The molecule has 0 aliphatic rings. The number of methoxy groups -OCH3 is 1. The first kappa shape index (κ1) is 22.2. The number of esters is 1. The van der Waals surface area contributed by atoms with E-state index in [-0.39, 0.29) is 23.8 Å². The smallest absolute Gasteiger partial charge is 0.342 e. The Balaban J connectivity index is 1.94. The van der Waals surface area contributed by atoms with Gasteiger partial charge < -0.3 is 19.7 Å². The lowest BCUT2D eigenvalue weighted by atomic mass is 10.2. The van der Waals surface area contributed by atoms with Crippen molar-refractivity contribution in [1.29, 1.82) is 0 Å². The number of hydrogen-bond donors (Lipinski definition) is 1. The summed E-state index contributed by atoms with van der Waals surface area (Å²) in [6.45, 7) is 3.19. The molecule has 1 N–H and O–H groups in total. The van der Waals surface area contributed by atoms with Crippen molar-refractivity contribution in [2.24, 2.45) is 0 Å². The number of likely N-dealkylation sites (N-methyl/N-ethyl adjacent to an activating group) is 1. The van der Waals surface area contributed by atoms with Gasteiger partial charge in [-0.1, -0.05) is 29.3 Å². The minimum atomic E-state index is -1.09. The van der Waals surface area contributed by atoms with Gasteiger partial charge in [-0.3, -0.25) is 9.59 Å². The Labute approximate surface area is 174 Å². The van der Waals surface area contributed by atoms with Gasteiger partial charge in [0.2, 0.25) is 5.91 Å². The molecule has 0 bridgehead atoms. The third kappa shape index (κ3) is 6.22. The molecule has 2 aromatic rings. The fraction of sp³-hybridized carbons (Fsp3) is 0.286. The summed E-state index contributed by atoms with van der Waals surface area (Å²) in [6, 6.07) is 11.8. The van der Waals surface area contributed by atoms with Crippen LogP contribution in [0, 0.1) is 6.92 Å². The lowest BCUT2D eigenvalue weighted by Crippen LogP contribution is -2.41. The molecule has 0 radical (unpaired) electrons. The van der Waals surface area contributed by atoms with Crippen molar-refractivity contribution in [2.75, 3.05) is 26.0 Å². The van der Waals surface area contributed by atoms with Gasteiger partial charge in [-0.15, -0.1) is 0 Å². The first-order valence-electron chi connectivity index (χ1n) is 8.87. The molecule has 0 unspecified atom stereocenters. The molecule has 0 heterocycles. The standard InChI is InChI=1S/C21H23ClN2O5/c1-13-5-8-16(9-6-13)23-19(25)12-24(3)20(26)14(2)29-21(27)17-11-15(22)7-10-18(17)28-4/h5-11,14H,12H2,1-4H3,(H,23,25)/t14-/m0/s1. The number of nitrogens with one attached hydrogen (secondary N) is 1. The molecule has 2 rings (SSSR count).